The molecule has 0 unspecified atom stereocenters. The number of hydrogen-bond donors (Lipinski definition) is 1. The van der Waals surface area contributed by atoms with Gasteiger partial charge in [0.05, 0.1) is 12.2 Å². The molecule has 0 aliphatic heterocycles. The Hall–Kier alpha value is -1.33. The Labute approximate surface area is 110 Å². The molecule has 1 rings (SSSR count). The van der Waals surface area contributed by atoms with Crippen molar-refractivity contribution >= 4 is 0 Å². The summed E-state index contributed by atoms with van der Waals surface area (Å²) in [5.41, 5.74) is 2.59. The van der Waals surface area contributed by atoms with Crippen LogP contribution in [0.4, 0.5) is 0 Å². The topological polar surface area (TPSA) is 44.0 Å². The van der Waals surface area contributed by atoms with E-state index in [1.807, 2.05) is 12.2 Å². The number of aliphatic hydroxyl groups excluding tert-OH is 1. The Morgan fingerprint density at radius 2 is 1.44 bits per heavy atom. The van der Waals surface area contributed by atoms with Crippen LogP contribution < -0.4 is 0 Å². The number of nitrogens with zero attached hydrogens (tertiary/aromatic N) is 1. The Morgan fingerprint density at radius 1 is 1.06 bits per heavy atom. The highest BCUT2D eigenvalue weighted by Gasteiger charge is 2.34. The van der Waals surface area contributed by atoms with E-state index in [4.69, 9.17) is 5.26 Å². The summed E-state index contributed by atoms with van der Waals surface area (Å²) in [4.78, 5) is 0. The highest BCUT2D eigenvalue weighted by Crippen LogP contribution is 2.41. The van der Waals surface area contributed by atoms with Crippen molar-refractivity contribution in [1.82, 2.24) is 0 Å². The van der Waals surface area contributed by atoms with Crippen LogP contribution in [0.1, 0.15) is 41.5 Å². The van der Waals surface area contributed by atoms with Crippen LogP contribution in [-0.4, -0.2) is 11.2 Å². The van der Waals surface area contributed by atoms with E-state index in [0.29, 0.717) is 0 Å². The Kier molecular flexibility index (Phi) is 3.88. The molecule has 0 bridgehead atoms. The predicted octanol–water partition coefficient (Wildman–Crippen LogP) is 3.76. The molecule has 0 amide bonds. The zero-order valence-electron chi connectivity index (χ0n) is 12.2. The molecule has 0 saturated heterocycles. The van der Waals surface area contributed by atoms with Crippen molar-refractivity contribution in [3.05, 3.63) is 34.9 Å². The van der Waals surface area contributed by atoms with Crippen LogP contribution in [0.25, 0.3) is 0 Å². The van der Waals surface area contributed by atoms with Gasteiger partial charge in [0, 0.05) is 6.08 Å². The van der Waals surface area contributed by atoms with Crippen LogP contribution in [-0.2, 0) is 0 Å². The Morgan fingerprint density at radius 3 is 1.72 bits per heavy atom. The molecule has 1 aliphatic carbocycles. The summed E-state index contributed by atoms with van der Waals surface area (Å²) >= 11 is 0. The molecule has 1 aliphatic rings. The fraction of sp³-hybridized carbons (Fsp3) is 0.562. The van der Waals surface area contributed by atoms with Gasteiger partial charge in [-0.1, -0.05) is 53.7 Å². The summed E-state index contributed by atoms with van der Waals surface area (Å²) in [6.45, 7) is 12.5. The minimum absolute atomic E-state index is 0.112. The van der Waals surface area contributed by atoms with Crippen molar-refractivity contribution in [3.63, 3.8) is 0 Å². The normalized spacial score (nSPS) is 21.0. The molecule has 0 fully saturated rings. The van der Waals surface area contributed by atoms with Crippen molar-refractivity contribution in [2.45, 2.75) is 47.6 Å². The number of nitriles is 1. The second-order valence-electron chi connectivity index (χ2n) is 6.88. The van der Waals surface area contributed by atoms with Crippen LogP contribution in [0, 0.1) is 22.2 Å². The monoisotopic (exact) mass is 245 g/mol. The molecule has 0 saturated carbocycles. The van der Waals surface area contributed by atoms with Gasteiger partial charge < -0.3 is 5.11 Å². The molecule has 0 radical (unpaired) electrons. The lowest BCUT2D eigenvalue weighted by molar-refractivity contribution is 0.192. The van der Waals surface area contributed by atoms with E-state index in [-0.39, 0.29) is 10.8 Å². The molecule has 2 heteroatoms. The lowest BCUT2D eigenvalue weighted by Crippen LogP contribution is -2.31. The van der Waals surface area contributed by atoms with Gasteiger partial charge >= 0.3 is 0 Å². The fourth-order valence-electron chi connectivity index (χ4n) is 2.14. The van der Waals surface area contributed by atoms with Gasteiger partial charge in [0.2, 0.25) is 0 Å². The maximum absolute atomic E-state index is 10.5. The summed E-state index contributed by atoms with van der Waals surface area (Å²) < 4.78 is 0. The maximum atomic E-state index is 10.5. The first kappa shape index (κ1) is 14.7. The fourth-order valence-corrected chi connectivity index (χ4v) is 2.14. The van der Waals surface area contributed by atoms with Crippen molar-refractivity contribution in [2.24, 2.45) is 10.8 Å². The number of allylic oxidation sites excluding steroid dienone is 4. The molecule has 2 nitrogen and oxygen atoms in total. The van der Waals surface area contributed by atoms with Crippen LogP contribution in [0.2, 0.25) is 0 Å². The molecule has 0 heterocycles. The first-order chi connectivity index (χ1) is 8.07. The van der Waals surface area contributed by atoms with E-state index in [0.717, 1.165) is 16.7 Å². The smallest absolute Gasteiger partial charge is 0.0977 e. The van der Waals surface area contributed by atoms with Gasteiger partial charge in [0.25, 0.3) is 0 Å². The number of hydrogen-bond acceptors (Lipinski definition) is 2. The van der Waals surface area contributed by atoms with Gasteiger partial charge in [-0.05, 0) is 27.5 Å². The first-order valence-corrected chi connectivity index (χ1v) is 6.29. The second kappa shape index (κ2) is 4.74. The van der Waals surface area contributed by atoms with E-state index in [2.05, 4.69) is 47.6 Å². The lowest BCUT2D eigenvalue weighted by Gasteiger charge is -2.37. The standard InChI is InChI=1S/C16H23NO/c1-15(2,3)12-9-11(7-8-17)10-13(14(12)18)16(4,5)6/h7,9-10,14,18H,1-6H3. The van der Waals surface area contributed by atoms with Crippen molar-refractivity contribution in [2.75, 3.05) is 0 Å². The average Bonchev–Trinajstić information content (AvgIpc) is 2.17. The Balaban J connectivity index is 3.35. The molecular formula is C16H23NO. The zero-order chi connectivity index (χ0) is 14.1. The minimum Gasteiger partial charge on any atom is -0.384 e. The quantitative estimate of drug-likeness (QED) is 0.660. The van der Waals surface area contributed by atoms with Crippen molar-refractivity contribution in [1.29, 1.82) is 5.26 Å². The molecule has 0 aromatic rings. The molecule has 0 aromatic heterocycles. The van der Waals surface area contributed by atoms with Crippen LogP contribution >= 0.6 is 0 Å². The third kappa shape index (κ3) is 3.11. The minimum atomic E-state index is -0.555. The Bertz CT molecular complexity index is 425. The van der Waals surface area contributed by atoms with Crippen LogP contribution in [0.3, 0.4) is 0 Å². The number of rotatable bonds is 0. The summed E-state index contributed by atoms with van der Waals surface area (Å²) in [5, 5.41) is 19.4. The van der Waals surface area contributed by atoms with Crippen molar-refractivity contribution in [3.8, 4) is 6.07 Å². The molecule has 1 N–H and O–H groups in total. The summed E-state index contributed by atoms with van der Waals surface area (Å²) in [5.74, 6) is 0. The van der Waals surface area contributed by atoms with Gasteiger partial charge in [-0.3, -0.25) is 0 Å². The summed E-state index contributed by atoms with van der Waals surface area (Å²) in [6.07, 6.45) is 4.84. The van der Waals surface area contributed by atoms with E-state index in [1.165, 1.54) is 6.08 Å². The highest BCUT2D eigenvalue weighted by molar-refractivity contribution is 5.49. The molecule has 0 aromatic carbocycles. The lowest BCUT2D eigenvalue weighted by atomic mass is 9.71. The van der Waals surface area contributed by atoms with Crippen LogP contribution in [0.5, 0.6) is 0 Å². The highest BCUT2D eigenvalue weighted by atomic mass is 16.3. The average molecular weight is 245 g/mol. The van der Waals surface area contributed by atoms with E-state index in [9.17, 15) is 5.11 Å². The molecule has 0 spiro atoms. The molecule has 98 valence electrons. The predicted molar refractivity (Wildman–Crippen MR) is 74.8 cm³/mol. The first-order valence-electron chi connectivity index (χ1n) is 6.29. The van der Waals surface area contributed by atoms with Crippen molar-refractivity contribution < 1.29 is 5.11 Å². The van der Waals surface area contributed by atoms with Gasteiger partial charge in [-0.25, -0.2) is 0 Å². The van der Waals surface area contributed by atoms with Gasteiger partial charge in [-0.15, -0.1) is 0 Å². The van der Waals surface area contributed by atoms with Crippen LogP contribution in [0.15, 0.2) is 34.9 Å². The largest absolute Gasteiger partial charge is 0.384 e. The summed E-state index contributed by atoms with van der Waals surface area (Å²) in [7, 11) is 0. The SMILES string of the molecule is CC(C)(C)C1=CC(=CC#N)C=C(C(C)(C)C)C1O. The van der Waals surface area contributed by atoms with Gasteiger partial charge in [0.1, 0.15) is 0 Å². The second-order valence-corrected chi connectivity index (χ2v) is 6.88. The molecular weight excluding hydrogens is 222 g/mol. The third-order valence-electron chi connectivity index (χ3n) is 3.20. The van der Waals surface area contributed by atoms with Gasteiger partial charge in [-0.2, -0.15) is 5.26 Å². The maximum Gasteiger partial charge on any atom is 0.0977 e. The zero-order valence-corrected chi connectivity index (χ0v) is 12.2. The van der Waals surface area contributed by atoms with E-state index >= 15 is 0 Å². The van der Waals surface area contributed by atoms with E-state index < -0.39 is 6.10 Å². The van der Waals surface area contributed by atoms with E-state index in [1.54, 1.807) is 0 Å². The molecule has 0 atom stereocenters. The third-order valence-corrected chi connectivity index (χ3v) is 3.20. The summed E-state index contributed by atoms with van der Waals surface area (Å²) in [6, 6.07) is 2.06. The van der Waals surface area contributed by atoms with Gasteiger partial charge in [0.15, 0.2) is 0 Å². The molecule has 18 heavy (non-hydrogen) atoms. The number of aliphatic hydroxyl groups is 1.